The fourth-order valence-electron chi connectivity index (χ4n) is 4.48. The molecule has 0 amide bonds. The second-order valence-electron chi connectivity index (χ2n) is 8.78. The molecular formula is C24H31NO6. The van der Waals surface area contributed by atoms with Crippen molar-refractivity contribution in [3.63, 3.8) is 0 Å². The fourth-order valence-corrected chi connectivity index (χ4v) is 4.48. The molecule has 1 aliphatic carbocycles. The highest BCUT2D eigenvalue weighted by atomic mass is 16.6. The molecule has 1 aromatic rings. The van der Waals surface area contributed by atoms with E-state index in [4.69, 9.17) is 23.9 Å². The average molecular weight is 430 g/mol. The summed E-state index contributed by atoms with van der Waals surface area (Å²) in [4.78, 5) is 31.2. The molecule has 7 heteroatoms. The largest absolute Gasteiger partial charge is 0.497 e. The molecule has 0 radical (unpaired) electrons. The normalized spacial score (nSPS) is 22.5. The second kappa shape index (κ2) is 9.22. The van der Waals surface area contributed by atoms with Crippen LogP contribution in [0.15, 0.2) is 34.5 Å². The maximum Gasteiger partial charge on any atom is 0.315 e. The van der Waals surface area contributed by atoms with E-state index in [-0.39, 0.29) is 17.8 Å². The molecule has 3 rings (SSSR count). The van der Waals surface area contributed by atoms with Gasteiger partial charge in [0.25, 0.3) is 0 Å². The number of allylic oxidation sites excluding steroid dienone is 2. The lowest BCUT2D eigenvalue weighted by atomic mass is 9.66. The summed E-state index contributed by atoms with van der Waals surface area (Å²) in [6.07, 6.45) is 1.08. The number of ether oxygens (including phenoxy) is 4. The zero-order valence-corrected chi connectivity index (χ0v) is 19.1. The van der Waals surface area contributed by atoms with Crippen molar-refractivity contribution < 1.29 is 28.5 Å². The van der Waals surface area contributed by atoms with Crippen molar-refractivity contribution in [2.45, 2.75) is 39.5 Å². The van der Waals surface area contributed by atoms with Crippen LogP contribution in [0.25, 0.3) is 0 Å². The molecule has 0 fully saturated rings. The Morgan fingerprint density at radius 2 is 1.87 bits per heavy atom. The first-order valence-electron chi connectivity index (χ1n) is 10.4. The summed E-state index contributed by atoms with van der Waals surface area (Å²) in [5.74, 6) is -0.481. The molecular weight excluding hydrogens is 398 g/mol. The van der Waals surface area contributed by atoms with E-state index in [1.54, 1.807) is 27.4 Å². The number of carbonyl (C=O) groups excluding carboxylic acids is 2. The summed E-state index contributed by atoms with van der Waals surface area (Å²) < 4.78 is 21.4. The van der Waals surface area contributed by atoms with Crippen molar-refractivity contribution >= 4 is 17.5 Å². The van der Waals surface area contributed by atoms with Gasteiger partial charge in [0, 0.05) is 48.1 Å². The lowest BCUT2D eigenvalue weighted by Gasteiger charge is -2.39. The van der Waals surface area contributed by atoms with Gasteiger partial charge in [-0.1, -0.05) is 19.9 Å². The van der Waals surface area contributed by atoms with Crippen molar-refractivity contribution in [2.75, 3.05) is 34.5 Å². The average Bonchev–Trinajstić information content (AvgIpc) is 2.71. The van der Waals surface area contributed by atoms with Crippen LogP contribution in [-0.2, 0) is 19.1 Å². The van der Waals surface area contributed by atoms with Gasteiger partial charge < -0.3 is 18.9 Å². The Bertz CT molecular complexity index is 930. The van der Waals surface area contributed by atoms with Crippen LogP contribution >= 0.6 is 0 Å². The number of esters is 1. The number of nitrogens with zero attached hydrogens (tertiary/aromatic N) is 1. The fraction of sp³-hybridized carbons (Fsp3) is 0.542. The summed E-state index contributed by atoms with van der Waals surface area (Å²) in [7, 11) is 4.69. The molecule has 0 aromatic heterocycles. The van der Waals surface area contributed by atoms with Gasteiger partial charge in [0.15, 0.2) is 5.78 Å². The maximum absolute atomic E-state index is 13.3. The Morgan fingerprint density at radius 1 is 1.13 bits per heavy atom. The minimum atomic E-state index is -0.719. The van der Waals surface area contributed by atoms with E-state index in [2.05, 4.69) is 13.8 Å². The van der Waals surface area contributed by atoms with Gasteiger partial charge in [0.1, 0.15) is 24.0 Å². The van der Waals surface area contributed by atoms with Gasteiger partial charge >= 0.3 is 5.97 Å². The van der Waals surface area contributed by atoms with Crippen LogP contribution in [-0.4, -0.2) is 52.0 Å². The highest BCUT2D eigenvalue weighted by Gasteiger charge is 2.46. The van der Waals surface area contributed by atoms with E-state index in [1.807, 2.05) is 19.1 Å². The van der Waals surface area contributed by atoms with Crippen LogP contribution in [0.5, 0.6) is 11.5 Å². The van der Waals surface area contributed by atoms with Gasteiger partial charge in [-0.2, -0.15) is 0 Å². The molecule has 0 bridgehead atoms. The molecule has 0 saturated carbocycles. The lowest BCUT2D eigenvalue weighted by Crippen LogP contribution is -2.39. The minimum absolute atomic E-state index is 0.0139. The summed E-state index contributed by atoms with van der Waals surface area (Å²) in [6.45, 7) is 6.38. The molecule has 1 aliphatic heterocycles. The SMILES string of the molecule is COCCOC(=O)C1C(C)=NC2=C(C(=O)CC(C)(C)C2)[C@@H]1c1ccc(OC)cc1OC. The molecule has 0 spiro atoms. The monoisotopic (exact) mass is 429 g/mol. The molecule has 1 unspecified atom stereocenters. The van der Waals surface area contributed by atoms with E-state index >= 15 is 0 Å². The quantitative estimate of drug-likeness (QED) is 0.485. The van der Waals surface area contributed by atoms with Gasteiger partial charge in [0.2, 0.25) is 0 Å². The van der Waals surface area contributed by atoms with Gasteiger partial charge in [-0.3, -0.25) is 14.6 Å². The Hall–Kier alpha value is -2.67. The van der Waals surface area contributed by atoms with Crippen molar-refractivity contribution in [3.8, 4) is 11.5 Å². The first-order valence-corrected chi connectivity index (χ1v) is 10.4. The number of ketones is 1. The lowest BCUT2D eigenvalue weighted by molar-refractivity contribution is -0.147. The van der Waals surface area contributed by atoms with Crippen LogP contribution in [0.1, 0.15) is 45.1 Å². The molecule has 1 aromatic carbocycles. The number of methoxy groups -OCH3 is 3. The number of benzene rings is 1. The maximum atomic E-state index is 13.3. The van der Waals surface area contributed by atoms with Gasteiger partial charge in [0.05, 0.1) is 20.8 Å². The van der Waals surface area contributed by atoms with E-state index < -0.39 is 17.8 Å². The summed E-state index contributed by atoms with van der Waals surface area (Å²) in [5.41, 5.74) is 2.53. The molecule has 31 heavy (non-hydrogen) atoms. The number of aliphatic imine (C=N–C) groups is 1. The Morgan fingerprint density at radius 3 is 2.52 bits per heavy atom. The Balaban J connectivity index is 2.15. The molecule has 0 N–H and O–H groups in total. The molecule has 2 atom stereocenters. The third kappa shape index (κ3) is 4.66. The molecule has 1 heterocycles. The summed E-state index contributed by atoms with van der Waals surface area (Å²) in [6, 6.07) is 5.43. The zero-order chi connectivity index (χ0) is 22.8. The van der Waals surface area contributed by atoms with Gasteiger partial charge in [-0.15, -0.1) is 0 Å². The van der Waals surface area contributed by atoms with E-state index in [0.717, 1.165) is 11.3 Å². The van der Waals surface area contributed by atoms with E-state index in [0.29, 0.717) is 42.2 Å². The minimum Gasteiger partial charge on any atom is -0.497 e. The first-order chi connectivity index (χ1) is 14.7. The predicted octanol–water partition coefficient (Wildman–Crippen LogP) is 3.71. The van der Waals surface area contributed by atoms with E-state index in [1.165, 1.54) is 0 Å². The van der Waals surface area contributed by atoms with Crippen molar-refractivity contribution in [2.24, 2.45) is 16.3 Å². The molecule has 2 aliphatic rings. The summed E-state index contributed by atoms with van der Waals surface area (Å²) >= 11 is 0. The van der Waals surface area contributed by atoms with Crippen LogP contribution in [0.2, 0.25) is 0 Å². The Kier molecular flexibility index (Phi) is 6.84. The van der Waals surface area contributed by atoms with Crippen molar-refractivity contribution in [3.05, 3.63) is 35.0 Å². The Labute approximate surface area is 183 Å². The zero-order valence-electron chi connectivity index (χ0n) is 19.1. The summed E-state index contributed by atoms with van der Waals surface area (Å²) in [5, 5.41) is 0. The third-order valence-corrected chi connectivity index (χ3v) is 5.86. The topological polar surface area (TPSA) is 83.4 Å². The number of hydrogen-bond acceptors (Lipinski definition) is 7. The number of rotatable bonds is 7. The van der Waals surface area contributed by atoms with E-state index in [9.17, 15) is 9.59 Å². The first kappa shape index (κ1) is 23.0. The number of hydrogen-bond donors (Lipinski definition) is 0. The van der Waals surface area contributed by atoms with Crippen LogP contribution in [0, 0.1) is 11.3 Å². The number of Topliss-reactive ketones (excluding diaryl/α,β-unsaturated/α-hetero) is 1. The second-order valence-corrected chi connectivity index (χ2v) is 8.78. The third-order valence-electron chi connectivity index (χ3n) is 5.86. The van der Waals surface area contributed by atoms with Crippen molar-refractivity contribution in [1.29, 1.82) is 0 Å². The molecule has 0 saturated heterocycles. The van der Waals surface area contributed by atoms with Crippen LogP contribution in [0.4, 0.5) is 0 Å². The number of carbonyl (C=O) groups is 2. The van der Waals surface area contributed by atoms with Gasteiger partial charge in [-0.05, 0) is 24.8 Å². The standard InChI is InChI=1S/C24H31NO6/c1-14-20(23(27)31-10-9-28-4)21(16-8-7-15(29-5)11-19(16)30-6)22-17(25-14)12-24(2,3)13-18(22)26/h7-8,11,20-21H,9-10,12-13H2,1-6H3/t20?,21-/m1/s1. The highest BCUT2D eigenvalue weighted by molar-refractivity contribution is 6.09. The van der Waals surface area contributed by atoms with Crippen molar-refractivity contribution in [1.82, 2.24) is 0 Å². The van der Waals surface area contributed by atoms with Gasteiger partial charge in [-0.25, -0.2) is 0 Å². The van der Waals surface area contributed by atoms with Crippen LogP contribution in [0.3, 0.4) is 0 Å². The molecule has 7 nitrogen and oxygen atoms in total. The van der Waals surface area contributed by atoms with Crippen LogP contribution < -0.4 is 9.47 Å². The predicted molar refractivity (Wildman–Crippen MR) is 117 cm³/mol. The smallest absolute Gasteiger partial charge is 0.315 e. The highest BCUT2D eigenvalue weighted by Crippen LogP contribution is 2.49. The molecule has 168 valence electrons.